The van der Waals surface area contributed by atoms with Gasteiger partial charge in [0.1, 0.15) is 0 Å². The van der Waals surface area contributed by atoms with Gasteiger partial charge in [0, 0.05) is 0 Å². The summed E-state index contributed by atoms with van der Waals surface area (Å²) >= 11 is 0. The highest BCUT2D eigenvalue weighted by atomic mass is 17.0. The van der Waals surface area contributed by atoms with Crippen molar-refractivity contribution in [1.82, 2.24) is 0 Å². The maximum absolute atomic E-state index is 9.00. The zero-order chi connectivity index (χ0) is 9.15. The van der Waals surface area contributed by atoms with Crippen molar-refractivity contribution >= 4 is 12.1 Å². The van der Waals surface area contributed by atoms with Crippen molar-refractivity contribution in [2.45, 2.75) is 0 Å². The van der Waals surface area contributed by atoms with E-state index in [0.717, 1.165) is 0 Å². The minimum atomic E-state index is -0.833. The van der Waals surface area contributed by atoms with Crippen molar-refractivity contribution in [3.8, 4) is 0 Å². The van der Waals surface area contributed by atoms with Gasteiger partial charge in [0.05, 0.1) is 0 Å². The lowest BCUT2D eigenvalue weighted by atomic mass is 11.2. The van der Waals surface area contributed by atoms with E-state index in [0.29, 0.717) is 0 Å². The summed E-state index contributed by atoms with van der Waals surface area (Å²) in [7, 11) is 0. The standard InChI is InChI=1S/2CH4N2O.H2O2/c2*2-1(3)4;1-2/h2*(H4,2,3,4);1-2H. The molecule has 62 valence electrons. The molecule has 0 aliphatic rings. The normalized spacial score (nSPS) is 5.40. The molecular weight excluding hydrogens is 144 g/mol. The Balaban J connectivity index is -0.0000000787. The van der Waals surface area contributed by atoms with Crippen LogP contribution in [-0.2, 0) is 0 Å². The monoisotopic (exact) mass is 154 g/mol. The van der Waals surface area contributed by atoms with Crippen LogP contribution in [0.2, 0.25) is 0 Å². The Morgan fingerprint density at radius 1 is 0.800 bits per heavy atom. The predicted octanol–water partition coefficient (Wildman–Crippen LogP) is -1.94. The Morgan fingerprint density at radius 2 is 0.800 bits per heavy atom. The molecule has 0 unspecified atom stereocenters. The van der Waals surface area contributed by atoms with Crippen molar-refractivity contribution in [3.05, 3.63) is 0 Å². The van der Waals surface area contributed by atoms with Crippen LogP contribution in [0.4, 0.5) is 9.59 Å². The molecule has 0 heterocycles. The topological polar surface area (TPSA) is 179 Å². The predicted molar refractivity (Wildman–Crippen MR) is 32.8 cm³/mol. The zero-order valence-corrected chi connectivity index (χ0v) is 5.02. The van der Waals surface area contributed by atoms with Gasteiger partial charge in [-0.05, 0) is 0 Å². The van der Waals surface area contributed by atoms with Crippen molar-refractivity contribution in [2.24, 2.45) is 22.9 Å². The van der Waals surface area contributed by atoms with E-state index in [2.05, 4.69) is 22.9 Å². The summed E-state index contributed by atoms with van der Waals surface area (Å²) in [4.78, 5) is 18.0. The number of urea groups is 2. The lowest BCUT2D eigenvalue weighted by molar-refractivity contribution is -0.176. The van der Waals surface area contributed by atoms with Gasteiger partial charge in [-0.15, -0.1) is 0 Å². The number of rotatable bonds is 0. The Kier molecular flexibility index (Phi) is 24.7. The van der Waals surface area contributed by atoms with Crippen LogP contribution >= 0.6 is 0 Å². The molecule has 10 N–H and O–H groups in total. The molecule has 0 aliphatic carbocycles. The van der Waals surface area contributed by atoms with Crippen molar-refractivity contribution in [3.63, 3.8) is 0 Å². The highest BCUT2D eigenvalue weighted by Crippen LogP contribution is 1.26. The molecule has 0 atom stereocenters. The lowest BCUT2D eigenvalue weighted by Gasteiger charge is -1.62. The van der Waals surface area contributed by atoms with Crippen LogP contribution in [0.1, 0.15) is 0 Å². The van der Waals surface area contributed by atoms with Gasteiger partial charge in [0.2, 0.25) is 0 Å². The molecule has 4 amide bonds. The molecule has 0 aromatic rings. The summed E-state index contributed by atoms with van der Waals surface area (Å²) < 4.78 is 0. The zero-order valence-electron chi connectivity index (χ0n) is 5.02. The first-order valence-corrected chi connectivity index (χ1v) is 1.76. The summed E-state index contributed by atoms with van der Waals surface area (Å²) in [5.41, 5.74) is 17.0. The molecule has 0 aromatic heterocycles. The average molecular weight is 154 g/mol. The molecule has 0 aromatic carbocycles. The fourth-order valence-electron chi connectivity index (χ4n) is 0. The van der Waals surface area contributed by atoms with Gasteiger partial charge in [-0.25, -0.2) is 9.59 Å². The van der Waals surface area contributed by atoms with Crippen LogP contribution in [0.15, 0.2) is 0 Å². The van der Waals surface area contributed by atoms with Crippen LogP contribution in [0, 0.1) is 0 Å². The minimum absolute atomic E-state index is 0.833. The van der Waals surface area contributed by atoms with Crippen LogP contribution in [0.25, 0.3) is 0 Å². The molecule has 0 fully saturated rings. The molecule has 10 heavy (non-hydrogen) atoms. The maximum atomic E-state index is 9.00. The Morgan fingerprint density at radius 3 is 0.800 bits per heavy atom. The first-order valence-electron chi connectivity index (χ1n) is 1.76. The second kappa shape index (κ2) is 15.7. The van der Waals surface area contributed by atoms with Gasteiger partial charge >= 0.3 is 12.1 Å². The molecule has 0 bridgehead atoms. The maximum Gasteiger partial charge on any atom is 0.309 e. The highest BCUT2D eigenvalue weighted by Gasteiger charge is 1.61. The largest absolute Gasteiger partial charge is 0.352 e. The fourth-order valence-corrected chi connectivity index (χ4v) is 0. The molecule has 0 radical (unpaired) electrons. The van der Waals surface area contributed by atoms with Gasteiger partial charge in [-0.1, -0.05) is 0 Å². The number of carbonyl (C=O) groups is 2. The van der Waals surface area contributed by atoms with E-state index in [4.69, 9.17) is 20.1 Å². The van der Waals surface area contributed by atoms with Crippen LogP contribution in [0.3, 0.4) is 0 Å². The molecule has 0 saturated heterocycles. The second-order valence-corrected chi connectivity index (χ2v) is 0.805. The molecule has 0 spiro atoms. The molecule has 0 aliphatic heterocycles. The van der Waals surface area contributed by atoms with Crippen molar-refractivity contribution < 1.29 is 20.1 Å². The third-order valence-corrected chi connectivity index (χ3v) is 0. The molecular formula is C2H10N4O4. The first-order chi connectivity index (χ1) is 4.46. The third-order valence-electron chi connectivity index (χ3n) is 0. The van der Waals surface area contributed by atoms with E-state index < -0.39 is 12.1 Å². The van der Waals surface area contributed by atoms with E-state index in [-0.39, 0.29) is 0 Å². The van der Waals surface area contributed by atoms with Gasteiger partial charge in [-0.3, -0.25) is 10.5 Å². The lowest BCUT2D eigenvalue weighted by Crippen LogP contribution is -2.18. The van der Waals surface area contributed by atoms with E-state index >= 15 is 0 Å². The van der Waals surface area contributed by atoms with Gasteiger partial charge in [0.15, 0.2) is 0 Å². The van der Waals surface area contributed by atoms with Gasteiger partial charge < -0.3 is 22.9 Å². The smallest absolute Gasteiger partial charge is 0.309 e. The second-order valence-electron chi connectivity index (χ2n) is 0.805. The van der Waals surface area contributed by atoms with Gasteiger partial charge in [0.25, 0.3) is 0 Å². The van der Waals surface area contributed by atoms with Gasteiger partial charge in [-0.2, -0.15) is 0 Å². The van der Waals surface area contributed by atoms with Crippen LogP contribution < -0.4 is 22.9 Å². The first kappa shape index (κ1) is 15.8. The number of primary amides is 4. The summed E-state index contributed by atoms with van der Waals surface area (Å²) in [6.07, 6.45) is 0. The number of nitrogens with two attached hydrogens (primary N) is 4. The summed E-state index contributed by atoms with van der Waals surface area (Å²) in [6, 6.07) is -1.67. The van der Waals surface area contributed by atoms with Crippen LogP contribution in [0.5, 0.6) is 0 Å². The number of hydrogen-bond acceptors (Lipinski definition) is 4. The SMILES string of the molecule is NC(N)=O.NC(N)=O.OO. The Hall–Kier alpha value is -1.54. The van der Waals surface area contributed by atoms with Crippen molar-refractivity contribution in [1.29, 1.82) is 0 Å². The Bertz CT molecular complexity index is 73.3. The quantitative estimate of drug-likeness (QED) is 0.175. The van der Waals surface area contributed by atoms with E-state index in [9.17, 15) is 0 Å². The molecule has 0 saturated carbocycles. The van der Waals surface area contributed by atoms with Crippen LogP contribution in [-0.4, -0.2) is 22.6 Å². The number of amides is 4. The molecule has 8 heteroatoms. The minimum Gasteiger partial charge on any atom is -0.352 e. The number of hydrogen-bond donors (Lipinski definition) is 6. The highest BCUT2D eigenvalue weighted by molar-refractivity contribution is 5.69. The third kappa shape index (κ3) is 81.2. The summed E-state index contributed by atoms with van der Waals surface area (Å²) in [5, 5.41) is 12.0. The van der Waals surface area contributed by atoms with Crippen molar-refractivity contribution in [2.75, 3.05) is 0 Å². The summed E-state index contributed by atoms with van der Waals surface area (Å²) in [5.74, 6) is 0. The molecule has 0 rings (SSSR count). The average Bonchev–Trinajstić information content (AvgIpc) is 1.66. The summed E-state index contributed by atoms with van der Waals surface area (Å²) in [6.45, 7) is 0. The fraction of sp³-hybridized carbons (Fsp3) is 0. The van der Waals surface area contributed by atoms with E-state index in [1.807, 2.05) is 0 Å². The van der Waals surface area contributed by atoms with E-state index in [1.54, 1.807) is 0 Å². The number of carbonyl (C=O) groups excluding carboxylic acids is 2. The Labute approximate surface area is 56.3 Å². The van der Waals surface area contributed by atoms with E-state index in [1.165, 1.54) is 0 Å². The molecule has 8 nitrogen and oxygen atoms in total.